The fourth-order valence-electron chi connectivity index (χ4n) is 3.02. The van der Waals surface area contributed by atoms with Gasteiger partial charge in [-0.3, -0.25) is 4.79 Å². The van der Waals surface area contributed by atoms with Crippen molar-refractivity contribution in [1.29, 1.82) is 5.26 Å². The third kappa shape index (κ3) is 3.17. The summed E-state index contributed by atoms with van der Waals surface area (Å²) in [5.74, 6) is 0.583. The number of hydrogen-bond donors (Lipinski definition) is 1. The molecule has 0 bridgehead atoms. The highest BCUT2D eigenvalue weighted by molar-refractivity contribution is 5.79. The van der Waals surface area contributed by atoms with Crippen LogP contribution in [0.3, 0.4) is 0 Å². The Labute approximate surface area is 120 Å². The van der Waals surface area contributed by atoms with Gasteiger partial charge in [0.05, 0.1) is 11.6 Å². The summed E-state index contributed by atoms with van der Waals surface area (Å²) in [6.07, 6.45) is 3.10. The topological polar surface area (TPSA) is 70.1 Å². The molecule has 1 aliphatic carbocycles. The smallest absolute Gasteiger partial charge is 0.226 e. The Kier molecular flexibility index (Phi) is 4.75. The van der Waals surface area contributed by atoms with Crippen LogP contribution in [0.15, 0.2) is 24.3 Å². The average molecular weight is 271 g/mol. The predicted molar refractivity (Wildman–Crippen MR) is 77.5 cm³/mol. The van der Waals surface area contributed by atoms with Crippen molar-refractivity contribution in [3.05, 3.63) is 35.4 Å². The first-order chi connectivity index (χ1) is 9.65. The van der Waals surface area contributed by atoms with Gasteiger partial charge in [-0.05, 0) is 43.0 Å². The molecule has 20 heavy (non-hydrogen) atoms. The van der Waals surface area contributed by atoms with E-state index < -0.39 is 0 Å². The molecular weight excluding hydrogens is 250 g/mol. The lowest BCUT2D eigenvalue weighted by Crippen LogP contribution is -2.36. The van der Waals surface area contributed by atoms with E-state index in [-0.39, 0.29) is 11.8 Å². The summed E-state index contributed by atoms with van der Waals surface area (Å²) in [5.41, 5.74) is 7.36. The van der Waals surface area contributed by atoms with Gasteiger partial charge in [-0.25, -0.2) is 0 Å². The molecule has 4 nitrogen and oxygen atoms in total. The summed E-state index contributed by atoms with van der Waals surface area (Å²) >= 11 is 0. The fourth-order valence-corrected chi connectivity index (χ4v) is 3.02. The van der Waals surface area contributed by atoms with Crippen LogP contribution in [-0.4, -0.2) is 24.4 Å². The SMILES string of the molecule is CN(Cc1cccc(C#N)c1)C(=O)C1CCCC1CN. The lowest BCUT2D eigenvalue weighted by Gasteiger charge is -2.24. The minimum Gasteiger partial charge on any atom is -0.341 e. The number of benzene rings is 1. The van der Waals surface area contributed by atoms with Gasteiger partial charge in [0.2, 0.25) is 5.91 Å². The van der Waals surface area contributed by atoms with Crippen LogP contribution in [0.2, 0.25) is 0 Å². The second kappa shape index (κ2) is 6.53. The van der Waals surface area contributed by atoms with Crippen LogP contribution in [-0.2, 0) is 11.3 Å². The minimum absolute atomic E-state index is 0.0733. The molecule has 0 spiro atoms. The van der Waals surface area contributed by atoms with Crippen molar-refractivity contribution in [2.45, 2.75) is 25.8 Å². The third-order valence-electron chi connectivity index (χ3n) is 4.13. The van der Waals surface area contributed by atoms with Crippen molar-refractivity contribution in [2.24, 2.45) is 17.6 Å². The molecule has 0 radical (unpaired) electrons. The Morgan fingerprint density at radius 3 is 3.00 bits per heavy atom. The summed E-state index contributed by atoms with van der Waals surface area (Å²) in [4.78, 5) is 14.2. The molecule has 1 saturated carbocycles. The van der Waals surface area contributed by atoms with Crippen LogP contribution in [0, 0.1) is 23.2 Å². The van der Waals surface area contributed by atoms with Gasteiger partial charge >= 0.3 is 0 Å². The molecule has 2 rings (SSSR count). The maximum absolute atomic E-state index is 12.5. The summed E-state index contributed by atoms with van der Waals surface area (Å²) < 4.78 is 0. The maximum Gasteiger partial charge on any atom is 0.226 e. The van der Waals surface area contributed by atoms with E-state index in [1.807, 2.05) is 25.2 Å². The Bertz CT molecular complexity index is 521. The van der Waals surface area contributed by atoms with E-state index in [1.165, 1.54) is 0 Å². The summed E-state index contributed by atoms with van der Waals surface area (Å²) in [6.45, 7) is 1.14. The third-order valence-corrected chi connectivity index (χ3v) is 4.13. The summed E-state index contributed by atoms with van der Waals surface area (Å²) in [7, 11) is 1.83. The highest BCUT2D eigenvalue weighted by Crippen LogP contribution is 2.32. The van der Waals surface area contributed by atoms with E-state index in [4.69, 9.17) is 11.0 Å². The molecular formula is C16H21N3O. The largest absolute Gasteiger partial charge is 0.341 e. The van der Waals surface area contributed by atoms with Crippen LogP contribution in [0.1, 0.15) is 30.4 Å². The van der Waals surface area contributed by atoms with Gasteiger partial charge < -0.3 is 10.6 Å². The van der Waals surface area contributed by atoms with Crippen LogP contribution in [0.25, 0.3) is 0 Å². The standard InChI is InChI=1S/C16H21N3O/c1-19(11-13-5-2-4-12(8-13)9-17)16(20)15-7-3-6-14(15)10-18/h2,4-5,8,14-15H,3,6-7,10-11,18H2,1H3. The Morgan fingerprint density at radius 2 is 2.30 bits per heavy atom. The van der Waals surface area contributed by atoms with E-state index in [9.17, 15) is 4.79 Å². The number of hydrogen-bond acceptors (Lipinski definition) is 3. The normalized spacial score (nSPS) is 21.4. The lowest BCUT2D eigenvalue weighted by molar-refractivity contribution is -0.135. The average Bonchev–Trinajstić information content (AvgIpc) is 2.95. The first-order valence-corrected chi connectivity index (χ1v) is 7.09. The van der Waals surface area contributed by atoms with Crippen LogP contribution in [0.4, 0.5) is 0 Å². The molecule has 1 fully saturated rings. The molecule has 0 saturated heterocycles. The van der Waals surface area contributed by atoms with Crippen molar-refractivity contribution >= 4 is 5.91 Å². The van der Waals surface area contributed by atoms with Gasteiger partial charge in [0.1, 0.15) is 0 Å². The molecule has 1 aromatic rings. The molecule has 2 atom stereocenters. The molecule has 1 aromatic carbocycles. The van der Waals surface area contributed by atoms with Gasteiger partial charge in [-0.1, -0.05) is 18.6 Å². The van der Waals surface area contributed by atoms with E-state index in [0.29, 0.717) is 24.6 Å². The maximum atomic E-state index is 12.5. The van der Waals surface area contributed by atoms with Crippen molar-refractivity contribution in [3.63, 3.8) is 0 Å². The van der Waals surface area contributed by atoms with Gasteiger partial charge in [-0.2, -0.15) is 5.26 Å². The predicted octanol–water partition coefficient (Wildman–Crippen LogP) is 1.89. The first-order valence-electron chi connectivity index (χ1n) is 7.09. The highest BCUT2D eigenvalue weighted by Gasteiger charge is 2.33. The molecule has 106 valence electrons. The fraction of sp³-hybridized carbons (Fsp3) is 0.500. The zero-order valence-corrected chi connectivity index (χ0v) is 11.9. The monoisotopic (exact) mass is 271 g/mol. The molecule has 4 heteroatoms. The van der Waals surface area contributed by atoms with Crippen molar-refractivity contribution in [2.75, 3.05) is 13.6 Å². The molecule has 0 aromatic heterocycles. The Balaban J connectivity index is 2.02. The van der Waals surface area contributed by atoms with Gasteiger partial charge in [-0.15, -0.1) is 0 Å². The van der Waals surface area contributed by atoms with Crippen molar-refractivity contribution < 1.29 is 4.79 Å². The number of carbonyl (C=O) groups excluding carboxylic acids is 1. The van der Waals surface area contributed by atoms with Crippen molar-refractivity contribution in [1.82, 2.24) is 4.90 Å². The molecule has 2 N–H and O–H groups in total. The van der Waals surface area contributed by atoms with E-state index in [2.05, 4.69) is 6.07 Å². The zero-order chi connectivity index (χ0) is 14.5. The number of amides is 1. The molecule has 1 aliphatic rings. The molecule has 2 unspecified atom stereocenters. The van der Waals surface area contributed by atoms with E-state index in [0.717, 1.165) is 24.8 Å². The number of carbonyl (C=O) groups is 1. The Hall–Kier alpha value is -1.86. The van der Waals surface area contributed by atoms with Crippen LogP contribution < -0.4 is 5.73 Å². The zero-order valence-electron chi connectivity index (χ0n) is 11.9. The first kappa shape index (κ1) is 14.5. The van der Waals surface area contributed by atoms with E-state index in [1.54, 1.807) is 11.0 Å². The second-order valence-electron chi connectivity index (χ2n) is 5.54. The minimum atomic E-state index is 0.0733. The quantitative estimate of drug-likeness (QED) is 0.909. The van der Waals surface area contributed by atoms with Crippen LogP contribution >= 0.6 is 0 Å². The number of nitrogens with zero attached hydrogens (tertiary/aromatic N) is 2. The number of nitrogens with two attached hydrogens (primary N) is 1. The number of nitriles is 1. The summed E-state index contributed by atoms with van der Waals surface area (Å²) in [6, 6.07) is 9.52. The van der Waals surface area contributed by atoms with Crippen LogP contribution in [0.5, 0.6) is 0 Å². The van der Waals surface area contributed by atoms with Gasteiger partial charge in [0, 0.05) is 19.5 Å². The van der Waals surface area contributed by atoms with Gasteiger partial charge in [0.15, 0.2) is 0 Å². The molecule has 0 aliphatic heterocycles. The second-order valence-corrected chi connectivity index (χ2v) is 5.54. The van der Waals surface area contributed by atoms with E-state index >= 15 is 0 Å². The molecule has 0 heterocycles. The molecule has 1 amide bonds. The lowest BCUT2D eigenvalue weighted by atomic mass is 9.94. The summed E-state index contributed by atoms with van der Waals surface area (Å²) in [5, 5.41) is 8.90. The van der Waals surface area contributed by atoms with Gasteiger partial charge in [0.25, 0.3) is 0 Å². The Morgan fingerprint density at radius 1 is 1.50 bits per heavy atom. The number of rotatable bonds is 4. The highest BCUT2D eigenvalue weighted by atomic mass is 16.2. The van der Waals surface area contributed by atoms with Crippen molar-refractivity contribution in [3.8, 4) is 6.07 Å².